The lowest BCUT2D eigenvalue weighted by atomic mass is 9.89. The van der Waals surface area contributed by atoms with E-state index in [1.807, 2.05) is 0 Å². The number of hydrogen-bond donors (Lipinski definition) is 3. The van der Waals surface area contributed by atoms with Gasteiger partial charge in [-0.2, -0.15) is 18.2 Å². The van der Waals surface area contributed by atoms with Crippen LogP contribution in [-0.2, 0) is 27.5 Å². The second-order valence-electron chi connectivity index (χ2n) is 12.2. The maximum atomic E-state index is 14.0. The van der Waals surface area contributed by atoms with Crippen molar-refractivity contribution in [2.24, 2.45) is 0 Å². The molecule has 272 valence electrons. The van der Waals surface area contributed by atoms with Crippen LogP contribution in [0, 0.1) is 0 Å². The number of rotatable bonds is 12. The van der Waals surface area contributed by atoms with Gasteiger partial charge in [-0.1, -0.05) is 6.07 Å². The highest BCUT2D eigenvalue weighted by Crippen LogP contribution is 2.36. The topological polar surface area (TPSA) is 147 Å². The third-order valence-electron chi connectivity index (χ3n) is 8.97. The van der Waals surface area contributed by atoms with Crippen LogP contribution in [0.15, 0.2) is 42.6 Å². The number of ether oxygens (including phenoxy) is 3. The van der Waals surface area contributed by atoms with Crippen molar-refractivity contribution in [1.29, 1.82) is 0 Å². The summed E-state index contributed by atoms with van der Waals surface area (Å²) in [6.07, 6.45) is 0.624. The molecule has 0 atom stereocenters. The molecule has 0 bridgehead atoms. The van der Waals surface area contributed by atoms with Gasteiger partial charge in [-0.3, -0.25) is 14.0 Å². The number of amides is 1. The van der Waals surface area contributed by atoms with E-state index in [1.165, 1.54) is 27.3 Å². The molecule has 50 heavy (non-hydrogen) atoms. The highest BCUT2D eigenvalue weighted by Gasteiger charge is 2.35. The maximum Gasteiger partial charge on any atom is 0.421 e. The zero-order valence-electron chi connectivity index (χ0n) is 28.3. The molecule has 5 rings (SSSR count). The summed E-state index contributed by atoms with van der Waals surface area (Å²) in [5.74, 6) is -0.319. The fourth-order valence-corrected chi connectivity index (χ4v) is 6.64. The van der Waals surface area contributed by atoms with Gasteiger partial charge in [0.1, 0.15) is 22.9 Å². The molecule has 1 amide bonds. The summed E-state index contributed by atoms with van der Waals surface area (Å²) < 4.78 is 83.7. The Morgan fingerprint density at radius 1 is 1.06 bits per heavy atom. The van der Waals surface area contributed by atoms with Crippen LogP contribution in [0.25, 0.3) is 0 Å². The molecule has 0 radical (unpaired) electrons. The molecule has 3 N–H and O–H groups in total. The third kappa shape index (κ3) is 9.05. The first-order valence-electron chi connectivity index (χ1n) is 16.1. The molecule has 2 fully saturated rings. The van der Waals surface area contributed by atoms with Crippen molar-refractivity contribution >= 4 is 39.1 Å². The first kappa shape index (κ1) is 36.9. The van der Waals surface area contributed by atoms with Crippen LogP contribution in [0.1, 0.15) is 47.2 Å². The third-order valence-corrected chi connectivity index (χ3v) is 10.2. The maximum absolute atomic E-state index is 14.0. The fourth-order valence-electron chi connectivity index (χ4n) is 6.11. The molecule has 0 spiro atoms. The van der Waals surface area contributed by atoms with E-state index in [0.29, 0.717) is 34.8 Å². The van der Waals surface area contributed by atoms with Gasteiger partial charge in [0.05, 0.1) is 45.1 Å². The van der Waals surface area contributed by atoms with E-state index in [2.05, 4.69) is 30.8 Å². The Morgan fingerprint density at radius 3 is 2.42 bits per heavy atom. The highest BCUT2D eigenvalue weighted by atomic mass is 32.2. The first-order chi connectivity index (χ1) is 23.8. The van der Waals surface area contributed by atoms with E-state index in [9.17, 15) is 26.4 Å². The summed E-state index contributed by atoms with van der Waals surface area (Å²) in [5.41, 5.74) is 0.170. The molecule has 1 aliphatic carbocycles. The molecule has 1 aromatic heterocycles. The van der Waals surface area contributed by atoms with Gasteiger partial charge in [0, 0.05) is 56.6 Å². The van der Waals surface area contributed by atoms with Crippen molar-refractivity contribution in [2.75, 3.05) is 68.8 Å². The van der Waals surface area contributed by atoms with Crippen molar-refractivity contribution in [3.05, 3.63) is 59.3 Å². The van der Waals surface area contributed by atoms with Crippen LogP contribution in [0.5, 0.6) is 11.5 Å². The second-order valence-corrected chi connectivity index (χ2v) is 14.2. The van der Waals surface area contributed by atoms with Crippen LogP contribution < -0.4 is 29.7 Å². The number of carbonyl (C=O) groups is 1. The molecule has 1 aliphatic heterocycles. The van der Waals surface area contributed by atoms with Gasteiger partial charge in [0.2, 0.25) is 16.0 Å². The Hall–Kier alpha value is -4.35. The molecule has 2 aliphatic rings. The number of anilines is 4. The minimum Gasteiger partial charge on any atom is -0.497 e. The van der Waals surface area contributed by atoms with E-state index < -0.39 is 27.6 Å². The average molecular weight is 722 g/mol. The minimum atomic E-state index is -4.79. The number of alkyl halides is 3. The van der Waals surface area contributed by atoms with Crippen molar-refractivity contribution in [2.45, 2.75) is 50.5 Å². The lowest BCUT2D eigenvalue weighted by molar-refractivity contribution is -0.137. The molecule has 1 saturated heterocycles. The Kier molecular flexibility index (Phi) is 11.6. The van der Waals surface area contributed by atoms with Gasteiger partial charge < -0.3 is 30.2 Å². The average Bonchev–Trinajstić information content (AvgIpc) is 3.10. The Bertz CT molecular complexity index is 1760. The SMILES string of the molecule is COc1ccc(CNc2nc(Nc3ccc(C(=O)NC4CCC(N5CCOCC5)CC4)cc3OC)ncc2C(F)(F)F)c(N(C)S(C)(=O)=O)c1. The smallest absolute Gasteiger partial charge is 0.421 e. The number of carbonyl (C=O) groups excluding carboxylic acids is 1. The van der Waals surface area contributed by atoms with Crippen molar-refractivity contribution in [1.82, 2.24) is 20.2 Å². The van der Waals surface area contributed by atoms with E-state index in [0.717, 1.165) is 62.5 Å². The van der Waals surface area contributed by atoms with Crippen LogP contribution in [0.3, 0.4) is 0 Å². The zero-order valence-corrected chi connectivity index (χ0v) is 29.2. The fraction of sp³-hybridized carbons (Fsp3) is 0.485. The van der Waals surface area contributed by atoms with Gasteiger partial charge in [0.15, 0.2) is 0 Å². The van der Waals surface area contributed by atoms with Gasteiger partial charge in [-0.15, -0.1) is 0 Å². The van der Waals surface area contributed by atoms with Crippen molar-refractivity contribution in [3.8, 4) is 11.5 Å². The summed E-state index contributed by atoms with van der Waals surface area (Å²) in [7, 11) is 0.467. The number of benzene rings is 2. The molecular weight excluding hydrogens is 679 g/mol. The number of halogens is 3. The summed E-state index contributed by atoms with van der Waals surface area (Å²) in [5, 5.41) is 8.70. The molecule has 1 saturated carbocycles. The standard InChI is InChI=1S/C33H42F3N7O6S/c1-42(50(4,45)46)28-18-25(47-2)11-5-22(28)19-37-30-26(33(34,35)36)20-38-32(41-30)40-27-12-6-21(17-29(27)48-3)31(44)39-23-7-9-24(10-8-23)43-13-15-49-16-14-43/h5-6,11-12,17-18,20,23-24H,7-10,13-16,19H2,1-4H3,(H,39,44)(H2,37,38,40,41). The van der Waals surface area contributed by atoms with E-state index in [1.54, 1.807) is 30.3 Å². The minimum absolute atomic E-state index is 0.0517. The largest absolute Gasteiger partial charge is 0.497 e. The monoisotopic (exact) mass is 721 g/mol. The number of methoxy groups -OCH3 is 2. The molecule has 2 heterocycles. The Morgan fingerprint density at radius 2 is 1.78 bits per heavy atom. The lowest BCUT2D eigenvalue weighted by Crippen LogP contribution is -2.47. The second kappa shape index (κ2) is 15.7. The number of sulfonamides is 1. The molecule has 13 nitrogen and oxygen atoms in total. The van der Waals surface area contributed by atoms with Crippen molar-refractivity contribution < 1.29 is 40.6 Å². The predicted octanol–water partition coefficient (Wildman–Crippen LogP) is 4.64. The van der Waals surface area contributed by atoms with E-state index in [-0.39, 0.29) is 35.9 Å². The molecular formula is C33H42F3N7O6S. The van der Waals surface area contributed by atoms with E-state index in [4.69, 9.17) is 14.2 Å². The number of morpholine rings is 1. The van der Waals surface area contributed by atoms with Gasteiger partial charge in [0.25, 0.3) is 5.91 Å². The van der Waals surface area contributed by atoms with Gasteiger partial charge in [-0.25, -0.2) is 13.4 Å². The van der Waals surface area contributed by atoms with Crippen LogP contribution in [-0.4, -0.2) is 95.1 Å². The van der Waals surface area contributed by atoms with E-state index >= 15 is 0 Å². The quantitative estimate of drug-likeness (QED) is 0.241. The Balaban J connectivity index is 1.29. The van der Waals surface area contributed by atoms with Gasteiger partial charge in [-0.05, 0) is 55.5 Å². The van der Waals surface area contributed by atoms with Crippen molar-refractivity contribution in [3.63, 3.8) is 0 Å². The number of nitrogens with one attached hydrogen (secondary N) is 3. The van der Waals surface area contributed by atoms with Gasteiger partial charge >= 0.3 is 6.18 Å². The molecule has 0 unspecified atom stereocenters. The molecule has 17 heteroatoms. The lowest BCUT2D eigenvalue weighted by Gasteiger charge is -2.38. The normalized spacial score (nSPS) is 18.6. The summed E-state index contributed by atoms with van der Waals surface area (Å²) >= 11 is 0. The highest BCUT2D eigenvalue weighted by molar-refractivity contribution is 7.92. The first-order valence-corrected chi connectivity index (χ1v) is 18.0. The summed E-state index contributed by atoms with van der Waals surface area (Å²) in [6.45, 7) is 3.18. The number of nitrogens with zero attached hydrogens (tertiary/aromatic N) is 4. The molecule has 2 aromatic carbocycles. The van der Waals surface area contributed by atoms with Crippen LogP contribution >= 0.6 is 0 Å². The predicted molar refractivity (Wildman–Crippen MR) is 183 cm³/mol. The zero-order chi connectivity index (χ0) is 36.1. The summed E-state index contributed by atoms with van der Waals surface area (Å²) in [6, 6.07) is 9.86. The van der Waals surface area contributed by atoms with Crippen LogP contribution in [0.4, 0.5) is 36.3 Å². The molecule has 3 aromatic rings. The summed E-state index contributed by atoms with van der Waals surface area (Å²) in [4.78, 5) is 23.6. The number of hydrogen-bond acceptors (Lipinski definition) is 11. The van der Waals surface area contributed by atoms with Crippen LogP contribution in [0.2, 0.25) is 0 Å². The number of aromatic nitrogens is 2. The Labute approximate surface area is 289 Å².